The number of aryl methyl sites for hydroxylation is 2. The lowest BCUT2D eigenvalue weighted by atomic mass is 10.2. The van der Waals surface area contributed by atoms with E-state index in [4.69, 9.17) is 4.74 Å². The molecule has 90 valence electrons. The van der Waals surface area contributed by atoms with Crippen LogP contribution in [0.25, 0.3) is 11.4 Å². The zero-order valence-corrected chi connectivity index (χ0v) is 10.7. The minimum atomic E-state index is 0.524. The molecule has 2 aromatic heterocycles. The zero-order valence-electron chi connectivity index (χ0n) is 10.7. The number of methoxy groups -OCH3 is 1. The lowest BCUT2D eigenvalue weighted by molar-refractivity contribution is 0.128. The van der Waals surface area contributed by atoms with E-state index in [9.17, 15) is 0 Å². The molecule has 2 rings (SSSR count). The number of aromatic nitrogens is 3. The molecule has 0 aromatic carbocycles. The van der Waals surface area contributed by atoms with Gasteiger partial charge in [0, 0.05) is 18.5 Å². The van der Waals surface area contributed by atoms with Crippen LogP contribution in [0, 0.1) is 20.8 Å². The van der Waals surface area contributed by atoms with Gasteiger partial charge in [-0.15, -0.1) is 0 Å². The van der Waals surface area contributed by atoms with Crippen molar-refractivity contribution in [2.75, 3.05) is 7.11 Å². The smallest absolute Gasteiger partial charge is 0.123 e. The van der Waals surface area contributed by atoms with E-state index >= 15 is 0 Å². The van der Waals surface area contributed by atoms with Crippen molar-refractivity contribution >= 4 is 0 Å². The van der Waals surface area contributed by atoms with Crippen molar-refractivity contribution in [3.8, 4) is 11.4 Å². The molecular weight excluding hydrogens is 214 g/mol. The molecule has 0 saturated carbocycles. The molecule has 0 amide bonds. The molecule has 0 aliphatic rings. The first kappa shape index (κ1) is 11.8. The fourth-order valence-electron chi connectivity index (χ4n) is 1.91. The van der Waals surface area contributed by atoms with Crippen LogP contribution < -0.4 is 0 Å². The average molecular weight is 231 g/mol. The van der Waals surface area contributed by atoms with Crippen LogP contribution in [0.3, 0.4) is 0 Å². The van der Waals surface area contributed by atoms with E-state index in [0.29, 0.717) is 6.73 Å². The highest BCUT2D eigenvalue weighted by Crippen LogP contribution is 2.21. The van der Waals surface area contributed by atoms with Crippen LogP contribution in [0.4, 0.5) is 0 Å². The zero-order chi connectivity index (χ0) is 12.4. The van der Waals surface area contributed by atoms with Gasteiger partial charge in [0.25, 0.3) is 0 Å². The van der Waals surface area contributed by atoms with E-state index in [2.05, 4.69) is 9.97 Å². The summed E-state index contributed by atoms with van der Waals surface area (Å²) < 4.78 is 7.21. The normalized spacial score (nSPS) is 10.8. The van der Waals surface area contributed by atoms with Crippen LogP contribution in [0.1, 0.15) is 17.2 Å². The molecule has 2 heterocycles. The van der Waals surface area contributed by atoms with Gasteiger partial charge in [-0.1, -0.05) is 6.07 Å². The number of rotatable bonds is 3. The van der Waals surface area contributed by atoms with Crippen LogP contribution in [0.5, 0.6) is 0 Å². The highest BCUT2D eigenvalue weighted by molar-refractivity contribution is 5.57. The molecule has 0 spiro atoms. The Hall–Kier alpha value is -1.68. The maximum atomic E-state index is 5.17. The summed E-state index contributed by atoms with van der Waals surface area (Å²) in [6.07, 6.45) is 0. The van der Waals surface area contributed by atoms with Crippen LogP contribution in [0.15, 0.2) is 18.2 Å². The Morgan fingerprint density at radius 3 is 2.59 bits per heavy atom. The lowest BCUT2D eigenvalue weighted by Crippen LogP contribution is -2.04. The topological polar surface area (TPSA) is 39.9 Å². The lowest BCUT2D eigenvalue weighted by Gasteiger charge is -2.05. The van der Waals surface area contributed by atoms with E-state index in [0.717, 1.165) is 28.6 Å². The summed E-state index contributed by atoms with van der Waals surface area (Å²) in [5.74, 6) is 0.947. The van der Waals surface area contributed by atoms with Crippen LogP contribution in [0.2, 0.25) is 0 Å². The summed E-state index contributed by atoms with van der Waals surface area (Å²) in [7, 11) is 1.68. The molecule has 4 heteroatoms. The Morgan fingerprint density at radius 2 is 1.94 bits per heavy atom. The summed E-state index contributed by atoms with van der Waals surface area (Å²) >= 11 is 0. The average Bonchev–Trinajstić information content (AvgIpc) is 2.57. The Bertz CT molecular complexity index is 531. The van der Waals surface area contributed by atoms with Crippen molar-refractivity contribution in [3.63, 3.8) is 0 Å². The predicted octanol–water partition coefficient (Wildman–Crippen LogP) is 2.47. The van der Waals surface area contributed by atoms with E-state index in [1.165, 1.54) is 0 Å². The molecule has 17 heavy (non-hydrogen) atoms. The number of ether oxygens (including phenoxy) is 1. The molecule has 0 aliphatic heterocycles. The molecule has 4 nitrogen and oxygen atoms in total. The second kappa shape index (κ2) is 4.67. The third-order valence-corrected chi connectivity index (χ3v) is 2.80. The van der Waals surface area contributed by atoms with Gasteiger partial charge in [0.1, 0.15) is 18.2 Å². The summed E-state index contributed by atoms with van der Waals surface area (Å²) in [5, 5.41) is 0. The molecule has 0 unspecified atom stereocenters. The van der Waals surface area contributed by atoms with Crippen molar-refractivity contribution in [1.82, 2.24) is 14.5 Å². The standard InChI is InChI=1S/C13H17N3O/c1-9-6-5-7-12(14-9)13-10(2)16(8-17-4)11(3)15-13/h5-7H,8H2,1-4H3. The Labute approximate surface area is 101 Å². The first-order chi connectivity index (χ1) is 8.13. The number of pyridine rings is 1. The van der Waals surface area contributed by atoms with E-state index in [1.54, 1.807) is 7.11 Å². The second-order valence-electron chi connectivity index (χ2n) is 4.10. The molecule has 0 fully saturated rings. The van der Waals surface area contributed by atoms with Crippen molar-refractivity contribution < 1.29 is 4.74 Å². The van der Waals surface area contributed by atoms with Gasteiger partial charge in [-0.2, -0.15) is 0 Å². The molecule has 0 radical (unpaired) electrons. The molecule has 0 N–H and O–H groups in total. The number of imidazole rings is 1. The van der Waals surface area contributed by atoms with Crippen LogP contribution in [-0.4, -0.2) is 21.6 Å². The minimum absolute atomic E-state index is 0.524. The molecule has 2 aromatic rings. The maximum Gasteiger partial charge on any atom is 0.123 e. The van der Waals surface area contributed by atoms with E-state index < -0.39 is 0 Å². The summed E-state index contributed by atoms with van der Waals surface area (Å²) in [4.78, 5) is 9.06. The van der Waals surface area contributed by atoms with Gasteiger partial charge >= 0.3 is 0 Å². The molecular formula is C13H17N3O. The third kappa shape index (κ3) is 2.22. The highest BCUT2D eigenvalue weighted by Gasteiger charge is 2.13. The minimum Gasteiger partial charge on any atom is -0.364 e. The SMILES string of the molecule is COCn1c(C)nc(-c2cccc(C)n2)c1C. The first-order valence-electron chi connectivity index (χ1n) is 5.60. The Morgan fingerprint density at radius 1 is 1.18 bits per heavy atom. The first-order valence-corrected chi connectivity index (χ1v) is 5.60. The Kier molecular flexibility index (Phi) is 3.24. The van der Waals surface area contributed by atoms with Gasteiger partial charge in [-0.05, 0) is 32.9 Å². The number of nitrogens with zero attached hydrogens (tertiary/aromatic N) is 3. The fourth-order valence-corrected chi connectivity index (χ4v) is 1.91. The quantitative estimate of drug-likeness (QED) is 0.814. The largest absolute Gasteiger partial charge is 0.364 e. The molecule has 0 atom stereocenters. The van der Waals surface area contributed by atoms with Crippen molar-refractivity contribution in [3.05, 3.63) is 35.4 Å². The van der Waals surface area contributed by atoms with Crippen LogP contribution >= 0.6 is 0 Å². The van der Waals surface area contributed by atoms with Gasteiger partial charge < -0.3 is 9.30 Å². The van der Waals surface area contributed by atoms with Gasteiger partial charge in [0.15, 0.2) is 0 Å². The predicted molar refractivity (Wildman–Crippen MR) is 66.7 cm³/mol. The van der Waals surface area contributed by atoms with Crippen molar-refractivity contribution in [2.24, 2.45) is 0 Å². The van der Waals surface area contributed by atoms with Gasteiger partial charge in [-0.3, -0.25) is 4.98 Å². The molecule has 0 saturated heterocycles. The van der Waals surface area contributed by atoms with Crippen LogP contribution in [-0.2, 0) is 11.5 Å². The van der Waals surface area contributed by atoms with Gasteiger partial charge in [0.2, 0.25) is 0 Å². The van der Waals surface area contributed by atoms with E-state index in [-0.39, 0.29) is 0 Å². The van der Waals surface area contributed by atoms with Crippen molar-refractivity contribution in [2.45, 2.75) is 27.5 Å². The van der Waals surface area contributed by atoms with Gasteiger partial charge in [0.05, 0.1) is 5.69 Å². The summed E-state index contributed by atoms with van der Waals surface area (Å²) in [6.45, 7) is 6.53. The highest BCUT2D eigenvalue weighted by atomic mass is 16.5. The monoisotopic (exact) mass is 231 g/mol. The second-order valence-corrected chi connectivity index (χ2v) is 4.10. The number of hydrogen-bond donors (Lipinski definition) is 0. The maximum absolute atomic E-state index is 5.17. The van der Waals surface area contributed by atoms with Gasteiger partial charge in [-0.25, -0.2) is 4.98 Å². The summed E-state index contributed by atoms with van der Waals surface area (Å²) in [6, 6.07) is 5.97. The third-order valence-electron chi connectivity index (χ3n) is 2.80. The Balaban J connectivity index is 2.50. The molecule has 0 bridgehead atoms. The fraction of sp³-hybridized carbons (Fsp3) is 0.385. The van der Waals surface area contributed by atoms with Crippen molar-refractivity contribution in [1.29, 1.82) is 0 Å². The number of hydrogen-bond acceptors (Lipinski definition) is 3. The van der Waals surface area contributed by atoms with E-state index in [1.807, 2.05) is 43.5 Å². The summed E-state index contributed by atoms with van der Waals surface area (Å²) in [5.41, 5.74) is 3.94. The molecule has 0 aliphatic carbocycles.